The van der Waals surface area contributed by atoms with E-state index in [1.165, 1.54) is 5.56 Å². The van der Waals surface area contributed by atoms with Gasteiger partial charge in [-0.2, -0.15) is 0 Å². The first kappa shape index (κ1) is 19.2. The number of rotatable bonds is 5. The van der Waals surface area contributed by atoms with Crippen LogP contribution >= 0.6 is 0 Å². The maximum Gasteiger partial charge on any atom is 0.225 e. The molecule has 2 aromatic rings. The summed E-state index contributed by atoms with van der Waals surface area (Å²) in [7, 11) is 0. The molecule has 0 saturated carbocycles. The highest BCUT2D eigenvalue weighted by Gasteiger charge is 2.25. The Morgan fingerprint density at radius 2 is 1.56 bits per heavy atom. The number of piperidine rings is 1. The summed E-state index contributed by atoms with van der Waals surface area (Å²) in [5, 5.41) is 3.13. The van der Waals surface area contributed by atoms with Crippen LogP contribution in [0.4, 0.5) is 0 Å². The zero-order valence-electron chi connectivity index (χ0n) is 16.2. The average molecular weight is 364 g/mol. The summed E-state index contributed by atoms with van der Waals surface area (Å²) in [6.07, 6.45) is 2.05. The molecule has 1 N–H and O–H groups in total. The van der Waals surface area contributed by atoms with Gasteiger partial charge in [-0.3, -0.25) is 9.59 Å². The number of carbonyl (C=O) groups excluding carboxylic acids is 2. The van der Waals surface area contributed by atoms with Crippen molar-refractivity contribution in [2.75, 3.05) is 13.1 Å². The fourth-order valence-electron chi connectivity index (χ4n) is 3.52. The van der Waals surface area contributed by atoms with Crippen LogP contribution in [0.25, 0.3) is 11.1 Å². The van der Waals surface area contributed by atoms with Gasteiger partial charge in [-0.05, 0) is 29.5 Å². The number of hydrogen-bond donors (Lipinski definition) is 1. The topological polar surface area (TPSA) is 49.4 Å². The summed E-state index contributed by atoms with van der Waals surface area (Å²) in [5.41, 5.74) is 3.35. The molecule has 0 aliphatic carbocycles. The number of likely N-dealkylation sites (tertiary alicyclic amines) is 1. The monoisotopic (exact) mass is 364 g/mol. The SMILES string of the molecule is CC(C)C(=O)N1CCC(NC(=O)Cc2ccc(-c3ccccc3)cc2)CC1. The minimum atomic E-state index is 0.0370. The molecule has 1 aliphatic rings. The molecule has 0 bridgehead atoms. The number of amides is 2. The van der Waals surface area contributed by atoms with E-state index in [9.17, 15) is 9.59 Å². The van der Waals surface area contributed by atoms with Gasteiger partial charge < -0.3 is 10.2 Å². The van der Waals surface area contributed by atoms with E-state index in [1.54, 1.807) is 0 Å². The van der Waals surface area contributed by atoms with E-state index in [4.69, 9.17) is 0 Å². The normalized spacial score (nSPS) is 15.0. The van der Waals surface area contributed by atoms with Gasteiger partial charge in [0.15, 0.2) is 0 Å². The lowest BCUT2D eigenvalue weighted by Gasteiger charge is -2.33. The number of nitrogens with zero attached hydrogens (tertiary/aromatic N) is 1. The first-order valence-corrected chi connectivity index (χ1v) is 9.75. The largest absolute Gasteiger partial charge is 0.353 e. The molecular weight excluding hydrogens is 336 g/mol. The van der Waals surface area contributed by atoms with E-state index >= 15 is 0 Å². The Kier molecular flexibility index (Phi) is 6.28. The van der Waals surface area contributed by atoms with Crippen molar-refractivity contribution in [3.63, 3.8) is 0 Å². The zero-order chi connectivity index (χ0) is 19.2. The van der Waals surface area contributed by atoms with Crippen molar-refractivity contribution in [3.05, 3.63) is 60.2 Å². The number of nitrogens with one attached hydrogen (secondary N) is 1. The van der Waals surface area contributed by atoms with Crippen LogP contribution in [0.1, 0.15) is 32.3 Å². The highest BCUT2D eigenvalue weighted by Crippen LogP contribution is 2.19. The quantitative estimate of drug-likeness (QED) is 0.880. The molecule has 0 spiro atoms. The van der Waals surface area contributed by atoms with Crippen molar-refractivity contribution in [2.24, 2.45) is 5.92 Å². The molecule has 4 nitrogen and oxygen atoms in total. The minimum Gasteiger partial charge on any atom is -0.353 e. The van der Waals surface area contributed by atoms with Gasteiger partial charge in [0.1, 0.15) is 0 Å². The van der Waals surface area contributed by atoms with E-state index in [1.807, 2.05) is 49.1 Å². The Labute approximate surface area is 161 Å². The summed E-state index contributed by atoms with van der Waals surface area (Å²) < 4.78 is 0. The van der Waals surface area contributed by atoms with E-state index in [0.717, 1.165) is 37.1 Å². The third-order valence-electron chi connectivity index (χ3n) is 5.09. The Morgan fingerprint density at radius 3 is 2.15 bits per heavy atom. The van der Waals surface area contributed by atoms with Crippen molar-refractivity contribution in [1.82, 2.24) is 10.2 Å². The van der Waals surface area contributed by atoms with Crippen LogP contribution in [0.15, 0.2) is 54.6 Å². The Morgan fingerprint density at radius 1 is 0.963 bits per heavy atom. The molecule has 2 aromatic carbocycles. The molecule has 2 amide bonds. The maximum atomic E-state index is 12.4. The van der Waals surface area contributed by atoms with E-state index < -0.39 is 0 Å². The number of hydrogen-bond acceptors (Lipinski definition) is 2. The van der Waals surface area contributed by atoms with E-state index in [-0.39, 0.29) is 23.8 Å². The first-order chi connectivity index (χ1) is 13.0. The Balaban J connectivity index is 1.48. The van der Waals surface area contributed by atoms with Crippen LogP contribution in [-0.2, 0) is 16.0 Å². The number of benzene rings is 2. The third-order valence-corrected chi connectivity index (χ3v) is 5.09. The Hall–Kier alpha value is -2.62. The molecule has 1 heterocycles. The lowest BCUT2D eigenvalue weighted by molar-refractivity contribution is -0.135. The lowest BCUT2D eigenvalue weighted by atomic mass is 10.0. The summed E-state index contributed by atoms with van der Waals surface area (Å²) in [6.45, 7) is 5.32. The minimum absolute atomic E-state index is 0.0370. The molecule has 0 unspecified atom stereocenters. The smallest absolute Gasteiger partial charge is 0.225 e. The molecule has 27 heavy (non-hydrogen) atoms. The van der Waals surface area contributed by atoms with Crippen LogP contribution < -0.4 is 5.32 Å². The second-order valence-corrected chi connectivity index (χ2v) is 7.56. The average Bonchev–Trinajstić information content (AvgIpc) is 2.69. The molecule has 1 saturated heterocycles. The lowest BCUT2D eigenvalue weighted by Crippen LogP contribution is -2.47. The summed E-state index contributed by atoms with van der Waals surface area (Å²) >= 11 is 0. The molecule has 0 aromatic heterocycles. The van der Waals surface area contributed by atoms with Crippen LogP contribution in [0.5, 0.6) is 0 Å². The standard InChI is InChI=1S/C23H28N2O2/c1-17(2)23(27)25-14-12-21(13-15-25)24-22(26)16-18-8-10-20(11-9-18)19-6-4-3-5-7-19/h3-11,17,21H,12-16H2,1-2H3,(H,24,26). The van der Waals surface area contributed by atoms with Crippen LogP contribution in [-0.4, -0.2) is 35.8 Å². The van der Waals surface area contributed by atoms with Crippen LogP contribution in [0.3, 0.4) is 0 Å². The molecule has 0 radical (unpaired) electrons. The van der Waals surface area contributed by atoms with Crippen molar-refractivity contribution < 1.29 is 9.59 Å². The van der Waals surface area contributed by atoms with E-state index in [0.29, 0.717) is 6.42 Å². The fraction of sp³-hybridized carbons (Fsp3) is 0.391. The van der Waals surface area contributed by atoms with Gasteiger partial charge >= 0.3 is 0 Å². The van der Waals surface area contributed by atoms with Crippen LogP contribution in [0.2, 0.25) is 0 Å². The maximum absolute atomic E-state index is 12.4. The van der Waals surface area contributed by atoms with E-state index in [2.05, 4.69) is 29.6 Å². The first-order valence-electron chi connectivity index (χ1n) is 9.75. The predicted octanol–water partition coefficient (Wildman–Crippen LogP) is 3.66. The molecule has 1 fully saturated rings. The molecule has 142 valence electrons. The molecular formula is C23H28N2O2. The molecule has 0 atom stereocenters. The fourth-order valence-corrected chi connectivity index (χ4v) is 3.52. The van der Waals surface area contributed by atoms with Gasteiger partial charge in [0.2, 0.25) is 11.8 Å². The van der Waals surface area contributed by atoms with Crippen molar-refractivity contribution in [3.8, 4) is 11.1 Å². The van der Waals surface area contributed by atoms with Crippen molar-refractivity contribution in [2.45, 2.75) is 39.2 Å². The predicted molar refractivity (Wildman–Crippen MR) is 108 cm³/mol. The van der Waals surface area contributed by atoms with Crippen molar-refractivity contribution in [1.29, 1.82) is 0 Å². The number of carbonyl (C=O) groups is 2. The van der Waals surface area contributed by atoms with Gasteiger partial charge in [0.05, 0.1) is 6.42 Å². The Bertz CT molecular complexity index is 761. The highest BCUT2D eigenvalue weighted by molar-refractivity contribution is 5.80. The van der Waals surface area contributed by atoms with Crippen LogP contribution in [0, 0.1) is 5.92 Å². The summed E-state index contributed by atoms with van der Waals surface area (Å²) in [6, 6.07) is 18.5. The highest BCUT2D eigenvalue weighted by atomic mass is 16.2. The summed E-state index contributed by atoms with van der Waals surface area (Å²) in [5.74, 6) is 0.296. The van der Waals surface area contributed by atoms with Gasteiger partial charge in [0, 0.05) is 25.0 Å². The van der Waals surface area contributed by atoms with Gasteiger partial charge in [-0.1, -0.05) is 68.4 Å². The van der Waals surface area contributed by atoms with Gasteiger partial charge in [0.25, 0.3) is 0 Å². The zero-order valence-corrected chi connectivity index (χ0v) is 16.2. The molecule has 3 rings (SSSR count). The second-order valence-electron chi connectivity index (χ2n) is 7.56. The summed E-state index contributed by atoms with van der Waals surface area (Å²) in [4.78, 5) is 26.3. The third kappa shape index (κ3) is 5.19. The van der Waals surface area contributed by atoms with Gasteiger partial charge in [-0.25, -0.2) is 0 Å². The van der Waals surface area contributed by atoms with Crippen molar-refractivity contribution >= 4 is 11.8 Å². The second kappa shape index (κ2) is 8.85. The van der Waals surface area contributed by atoms with Gasteiger partial charge in [-0.15, -0.1) is 0 Å². The molecule has 4 heteroatoms. The molecule has 1 aliphatic heterocycles.